The highest BCUT2D eigenvalue weighted by Crippen LogP contribution is 2.33. The number of thiazole rings is 1. The first kappa shape index (κ1) is 13.3. The Morgan fingerprint density at radius 3 is 3.00 bits per heavy atom. The SMILES string of the molecule is Cc1ncc(CC(=O)Nc2cc(C3CCCC3)[nH]n2)s1. The van der Waals surface area contributed by atoms with Crippen LogP contribution in [-0.2, 0) is 11.2 Å². The molecule has 0 atom stereocenters. The number of hydrogen-bond donors (Lipinski definition) is 2. The van der Waals surface area contributed by atoms with E-state index in [0.29, 0.717) is 18.2 Å². The number of anilines is 1. The molecule has 3 rings (SSSR count). The normalized spacial score (nSPS) is 15.7. The molecule has 0 saturated heterocycles. The highest BCUT2D eigenvalue weighted by Gasteiger charge is 2.19. The van der Waals surface area contributed by atoms with Crippen LogP contribution in [0, 0.1) is 6.92 Å². The number of nitrogens with one attached hydrogen (secondary N) is 2. The Labute approximate surface area is 121 Å². The van der Waals surface area contributed by atoms with Crippen LogP contribution in [0.1, 0.15) is 47.2 Å². The molecule has 2 N–H and O–H groups in total. The number of carbonyl (C=O) groups excluding carboxylic acids is 1. The number of carbonyl (C=O) groups is 1. The number of H-pyrrole nitrogens is 1. The van der Waals surface area contributed by atoms with Crippen molar-refractivity contribution in [3.05, 3.63) is 27.8 Å². The molecule has 106 valence electrons. The molecule has 6 heteroatoms. The predicted molar refractivity (Wildman–Crippen MR) is 79.0 cm³/mol. The van der Waals surface area contributed by atoms with Gasteiger partial charge in [-0.3, -0.25) is 9.89 Å². The highest BCUT2D eigenvalue weighted by molar-refractivity contribution is 7.11. The minimum atomic E-state index is -0.0434. The van der Waals surface area contributed by atoms with Crippen LogP contribution in [0.3, 0.4) is 0 Å². The molecular weight excluding hydrogens is 272 g/mol. The molecule has 1 amide bonds. The van der Waals surface area contributed by atoms with Crippen molar-refractivity contribution < 1.29 is 4.79 Å². The lowest BCUT2D eigenvalue weighted by Crippen LogP contribution is -2.13. The quantitative estimate of drug-likeness (QED) is 0.909. The summed E-state index contributed by atoms with van der Waals surface area (Å²) in [6.07, 6.45) is 7.13. The van der Waals surface area contributed by atoms with E-state index in [1.54, 1.807) is 17.5 Å². The Kier molecular flexibility index (Phi) is 3.82. The summed E-state index contributed by atoms with van der Waals surface area (Å²) in [4.78, 5) is 17.1. The Morgan fingerprint density at radius 2 is 2.30 bits per heavy atom. The summed E-state index contributed by atoms with van der Waals surface area (Å²) in [6, 6.07) is 1.96. The topological polar surface area (TPSA) is 70.7 Å². The number of amides is 1. The molecule has 1 fully saturated rings. The van der Waals surface area contributed by atoms with E-state index in [2.05, 4.69) is 20.5 Å². The maximum Gasteiger partial charge on any atom is 0.230 e. The average Bonchev–Trinajstić information content (AvgIpc) is 3.10. The lowest BCUT2D eigenvalue weighted by molar-refractivity contribution is -0.115. The van der Waals surface area contributed by atoms with E-state index in [-0.39, 0.29) is 5.91 Å². The van der Waals surface area contributed by atoms with Gasteiger partial charge in [-0.1, -0.05) is 12.8 Å². The van der Waals surface area contributed by atoms with Crippen molar-refractivity contribution in [3.63, 3.8) is 0 Å². The molecule has 5 nitrogen and oxygen atoms in total. The molecule has 2 aromatic heterocycles. The van der Waals surface area contributed by atoms with E-state index in [9.17, 15) is 4.79 Å². The van der Waals surface area contributed by atoms with Crippen LogP contribution in [0.15, 0.2) is 12.3 Å². The van der Waals surface area contributed by atoms with Crippen molar-refractivity contribution >= 4 is 23.1 Å². The Bertz CT molecular complexity index is 598. The molecule has 0 aliphatic heterocycles. The molecule has 0 unspecified atom stereocenters. The summed E-state index contributed by atoms with van der Waals surface area (Å²) in [5.74, 6) is 1.16. The van der Waals surface area contributed by atoms with Crippen LogP contribution in [0.25, 0.3) is 0 Å². The van der Waals surface area contributed by atoms with E-state index < -0.39 is 0 Å². The van der Waals surface area contributed by atoms with Gasteiger partial charge < -0.3 is 5.32 Å². The molecule has 0 radical (unpaired) electrons. The number of rotatable bonds is 4. The maximum atomic E-state index is 11.9. The van der Waals surface area contributed by atoms with Gasteiger partial charge in [0.25, 0.3) is 0 Å². The first-order valence-electron chi connectivity index (χ1n) is 6.97. The highest BCUT2D eigenvalue weighted by atomic mass is 32.1. The first-order chi connectivity index (χ1) is 9.70. The van der Waals surface area contributed by atoms with E-state index in [4.69, 9.17) is 0 Å². The number of aryl methyl sites for hydroxylation is 1. The van der Waals surface area contributed by atoms with E-state index in [0.717, 1.165) is 15.6 Å². The zero-order chi connectivity index (χ0) is 13.9. The first-order valence-corrected chi connectivity index (χ1v) is 7.79. The molecule has 2 heterocycles. The van der Waals surface area contributed by atoms with Gasteiger partial charge in [-0.05, 0) is 19.8 Å². The van der Waals surface area contributed by atoms with E-state index in [1.807, 2.05) is 13.0 Å². The monoisotopic (exact) mass is 290 g/mol. The van der Waals surface area contributed by atoms with Crippen LogP contribution in [0.5, 0.6) is 0 Å². The molecule has 0 spiro atoms. The molecule has 1 aliphatic carbocycles. The smallest absolute Gasteiger partial charge is 0.230 e. The summed E-state index contributed by atoms with van der Waals surface area (Å²) in [5.41, 5.74) is 1.14. The van der Waals surface area contributed by atoms with Crippen molar-refractivity contribution in [1.29, 1.82) is 0 Å². The van der Waals surface area contributed by atoms with Gasteiger partial charge in [0, 0.05) is 28.8 Å². The molecule has 1 aliphatic rings. The van der Waals surface area contributed by atoms with Crippen LogP contribution < -0.4 is 5.32 Å². The third-order valence-corrected chi connectivity index (χ3v) is 4.58. The summed E-state index contributed by atoms with van der Waals surface area (Å²) in [7, 11) is 0. The van der Waals surface area contributed by atoms with Gasteiger partial charge in [-0.15, -0.1) is 11.3 Å². The van der Waals surface area contributed by atoms with Crippen molar-refractivity contribution in [2.24, 2.45) is 0 Å². The summed E-state index contributed by atoms with van der Waals surface area (Å²) in [5, 5.41) is 11.0. The van der Waals surface area contributed by atoms with Crippen molar-refractivity contribution in [2.75, 3.05) is 5.32 Å². The number of nitrogens with zero attached hydrogens (tertiary/aromatic N) is 2. The van der Waals surface area contributed by atoms with Gasteiger partial charge in [-0.2, -0.15) is 5.10 Å². The second-order valence-electron chi connectivity index (χ2n) is 5.26. The minimum Gasteiger partial charge on any atom is -0.309 e. The molecule has 2 aromatic rings. The Balaban J connectivity index is 1.58. The van der Waals surface area contributed by atoms with Crippen molar-refractivity contribution in [3.8, 4) is 0 Å². The Morgan fingerprint density at radius 1 is 1.50 bits per heavy atom. The molecule has 1 saturated carbocycles. The van der Waals surface area contributed by atoms with Gasteiger partial charge in [0.15, 0.2) is 5.82 Å². The third kappa shape index (κ3) is 3.07. The van der Waals surface area contributed by atoms with Gasteiger partial charge in [0.2, 0.25) is 5.91 Å². The second kappa shape index (κ2) is 5.75. The lowest BCUT2D eigenvalue weighted by atomic mass is 10.0. The van der Waals surface area contributed by atoms with Crippen molar-refractivity contribution in [1.82, 2.24) is 15.2 Å². The van der Waals surface area contributed by atoms with Crippen LogP contribution in [0.2, 0.25) is 0 Å². The number of hydrogen-bond acceptors (Lipinski definition) is 4. The molecule has 0 aromatic carbocycles. The van der Waals surface area contributed by atoms with Gasteiger partial charge in [-0.25, -0.2) is 4.98 Å². The van der Waals surface area contributed by atoms with E-state index >= 15 is 0 Å². The van der Waals surface area contributed by atoms with Crippen LogP contribution in [-0.4, -0.2) is 21.1 Å². The van der Waals surface area contributed by atoms with Gasteiger partial charge in [0.1, 0.15) is 0 Å². The standard InChI is InChI=1S/C14H18N4OS/c1-9-15-8-11(20-9)6-14(19)16-13-7-12(17-18-13)10-4-2-3-5-10/h7-8,10H,2-6H2,1H3,(H2,16,17,18,19). The molecule has 0 bridgehead atoms. The fraction of sp³-hybridized carbons (Fsp3) is 0.500. The largest absolute Gasteiger partial charge is 0.309 e. The lowest BCUT2D eigenvalue weighted by Gasteiger charge is -2.03. The predicted octanol–water partition coefficient (Wildman–Crippen LogP) is 3.01. The zero-order valence-electron chi connectivity index (χ0n) is 11.5. The molecule has 20 heavy (non-hydrogen) atoms. The second-order valence-corrected chi connectivity index (χ2v) is 6.58. The van der Waals surface area contributed by atoms with Gasteiger partial charge in [0.05, 0.1) is 11.4 Å². The maximum absolute atomic E-state index is 11.9. The number of aromatic nitrogens is 3. The van der Waals surface area contributed by atoms with E-state index in [1.165, 1.54) is 25.7 Å². The van der Waals surface area contributed by atoms with Crippen LogP contribution in [0.4, 0.5) is 5.82 Å². The zero-order valence-corrected chi connectivity index (χ0v) is 12.3. The van der Waals surface area contributed by atoms with Crippen molar-refractivity contribution in [2.45, 2.75) is 44.9 Å². The summed E-state index contributed by atoms with van der Waals surface area (Å²) < 4.78 is 0. The van der Waals surface area contributed by atoms with Gasteiger partial charge >= 0.3 is 0 Å². The fourth-order valence-corrected chi connectivity index (χ4v) is 3.47. The minimum absolute atomic E-state index is 0.0434. The number of aromatic amines is 1. The molecular formula is C14H18N4OS. The average molecular weight is 290 g/mol. The fourth-order valence-electron chi connectivity index (χ4n) is 2.68. The Hall–Kier alpha value is -1.69. The summed E-state index contributed by atoms with van der Waals surface area (Å²) >= 11 is 1.55. The summed E-state index contributed by atoms with van der Waals surface area (Å²) in [6.45, 7) is 1.94. The third-order valence-electron chi connectivity index (χ3n) is 3.66. The van der Waals surface area contributed by atoms with Crippen LogP contribution >= 0.6 is 11.3 Å².